The van der Waals surface area contributed by atoms with Crippen LogP contribution < -0.4 is 10.2 Å². The summed E-state index contributed by atoms with van der Waals surface area (Å²) in [6.07, 6.45) is 6.89. The lowest BCUT2D eigenvalue weighted by molar-refractivity contribution is -0.122. The minimum Gasteiger partial charge on any atom is -0.391 e. The largest absolute Gasteiger partial charge is 0.391 e. The normalized spacial score (nSPS) is 23.6. The fraction of sp³-hybridized carbons (Fsp3) is 0.643. The van der Waals surface area contributed by atoms with Gasteiger partial charge < -0.3 is 15.3 Å². The van der Waals surface area contributed by atoms with Crippen molar-refractivity contribution in [3.05, 3.63) is 18.5 Å². The Labute approximate surface area is 118 Å². The summed E-state index contributed by atoms with van der Waals surface area (Å²) < 4.78 is 0. The van der Waals surface area contributed by atoms with Crippen molar-refractivity contribution in [2.24, 2.45) is 5.92 Å². The molecular formula is C14H20N4O2. The van der Waals surface area contributed by atoms with Crippen molar-refractivity contribution in [3.63, 3.8) is 0 Å². The number of nitrogens with one attached hydrogen (secondary N) is 1. The smallest absolute Gasteiger partial charge is 0.242 e. The molecule has 20 heavy (non-hydrogen) atoms. The molecule has 108 valence electrons. The third-order valence-electron chi connectivity index (χ3n) is 4.02. The number of carbonyl (C=O) groups is 1. The molecule has 1 aromatic rings. The molecule has 3 rings (SSSR count). The molecule has 2 aliphatic rings. The van der Waals surface area contributed by atoms with Crippen LogP contribution in [0, 0.1) is 5.92 Å². The minimum atomic E-state index is -0.401. The third-order valence-corrected chi connectivity index (χ3v) is 4.02. The van der Waals surface area contributed by atoms with Crippen LogP contribution in [0.5, 0.6) is 0 Å². The van der Waals surface area contributed by atoms with E-state index in [9.17, 15) is 9.90 Å². The molecule has 6 nitrogen and oxygen atoms in total. The number of hydrogen-bond acceptors (Lipinski definition) is 5. The van der Waals surface area contributed by atoms with Gasteiger partial charge >= 0.3 is 0 Å². The van der Waals surface area contributed by atoms with Crippen molar-refractivity contribution >= 4 is 11.9 Å². The maximum absolute atomic E-state index is 12.3. The Hall–Kier alpha value is -1.69. The highest BCUT2D eigenvalue weighted by Crippen LogP contribution is 2.32. The number of aromatic nitrogens is 2. The number of hydrogen-bond donors (Lipinski definition) is 2. The summed E-state index contributed by atoms with van der Waals surface area (Å²) >= 11 is 0. The molecule has 1 amide bonds. The molecule has 0 radical (unpaired) electrons. The molecule has 2 heterocycles. The van der Waals surface area contributed by atoms with Gasteiger partial charge in [0.05, 0.1) is 6.10 Å². The van der Waals surface area contributed by atoms with Crippen LogP contribution in [-0.2, 0) is 4.79 Å². The zero-order valence-electron chi connectivity index (χ0n) is 11.4. The third kappa shape index (κ3) is 2.90. The first kappa shape index (κ1) is 13.3. The fourth-order valence-electron chi connectivity index (χ4n) is 2.69. The van der Waals surface area contributed by atoms with Crippen LogP contribution >= 0.6 is 0 Å². The number of rotatable bonds is 5. The molecule has 2 atom stereocenters. The SMILES string of the molecule is O=C(NCC(O)C1CC1)C1CCCN1c1ncccn1. The second kappa shape index (κ2) is 5.75. The van der Waals surface area contributed by atoms with E-state index >= 15 is 0 Å². The van der Waals surface area contributed by atoms with E-state index in [1.54, 1.807) is 18.5 Å². The first-order valence-corrected chi connectivity index (χ1v) is 7.25. The Morgan fingerprint density at radius 1 is 1.40 bits per heavy atom. The number of aliphatic hydroxyl groups excluding tert-OH is 1. The summed E-state index contributed by atoms with van der Waals surface area (Å²) in [4.78, 5) is 22.6. The highest BCUT2D eigenvalue weighted by atomic mass is 16.3. The second-order valence-corrected chi connectivity index (χ2v) is 5.55. The quantitative estimate of drug-likeness (QED) is 0.810. The van der Waals surface area contributed by atoms with E-state index in [-0.39, 0.29) is 11.9 Å². The zero-order chi connectivity index (χ0) is 13.9. The highest BCUT2D eigenvalue weighted by Gasteiger charge is 2.34. The number of amides is 1. The monoisotopic (exact) mass is 276 g/mol. The van der Waals surface area contributed by atoms with Crippen molar-refractivity contribution in [3.8, 4) is 0 Å². The molecule has 1 saturated carbocycles. The van der Waals surface area contributed by atoms with Gasteiger partial charge in [0.1, 0.15) is 6.04 Å². The molecule has 2 unspecified atom stereocenters. The molecule has 1 aliphatic heterocycles. The Morgan fingerprint density at radius 2 is 2.15 bits per heavy atom. The molecule has 2 N–H and O–H groups in total. The first-order chi connectivity index (χ1) is 9.75. The lowest BCUT2D eigenvalue weighted by Crippen LogP contribution is -2.46. The van der Waals surface area contributed by atoms with E-state index in [0.717, 1.165) is 32.2 Å². The summed E-state index contributed by atoms with van der Waals surface area (Å²) in [6, 6.07) is 1.55. The Balaban J connectivity index is 1.58. The number of anilines is 1. The summed E-state index contributed by atoms with van der Waals surface area (Å²) in [5.41, 5.74) is 0. The van der Waals surface area contributed by atoms with Gasteiger partial charge in [-0.25, -0.2) is 9.97 Å². The topological polar surface area (TPSA) is 78.4 Å². The molecule has 1 aromatic heterocycles. The molecular weight excluding hydrogens is 256 g/mol. The van der Waals surface area contributed by atoms with E-state index in [1.807, 2.05) is 4.90 Å². The van der Waals surface area contributed by atoms with Gasteiger partial charge in [-0.2, -0.15) is 0 Å². The van der Waals surface area contributed by atoms with Crippen LogP contribution in [0.25, 0.3) is 0 Å². The van der Waals surface area contributed by atoms with Gasteiger partial charge in [0, 0.05) is 25.5 Å². The van der Waals surface area contributed by atoms with Gasteiger partial charge in [0.25, 0.3) is 0 Å². The van der Waals surface area contributed by atoms with E-state index in [4.69, 9.17) is 0 Å². The summed E-state index contributed by atoms with van der Waals surface area (Å²) in [5.74, 6) is 0.954. The van der Waals surface area contributed by atoms with Crippen molar-refractivity contribution < 1.29 is 9.90 Å². The minimum absolute atomic E-state index is 0.0327. The van der Waals surface area contributed by atoms with Crippen molar-refractivity contribution in [2.45, 2.75) is 37.8 Å². The second-order valence-electron chi connectivity index (χ2n) is 5.55. The van der Waals surface area contributed by atoms with Crippen molar-refractivity contribution in [1.82, 2.24) is 15.3 Å². The highest BCUT2D eigenvalue weighted by molar-refractivity contribution is 5.85. The Morgan fingerprint density at radius 3 is 2.85 bits per heavy atom. The van der Waals surface area contributed by atoms with Gasteiger partial charge in [-0.15, -0.1) is 0 Å². The first-order valence-electron chi connectivity index (χ1n) is 7.25. The lowest BCUT2D eigenvalue weighted by atomic mass is 10.2. The van der Waals surface area contributed by atoms with Gasteiger partial charge in [0.2, 0.25) is 11.9 Å². The van der Waals surface area contributed by atoms with E-state index in [1.165, 1.54) is 0 Å². The maximum atomic E-state index is 12.3. The predicted molar refractivity (Wildman–Crippen MR) is 74.1 cm³/mol. The van der Waals surface area contributed by atoms with Crippen LogP contribution in [0.15, 0.2) is 18.5 Å². The van der Waals surface area contributed by atoms with E-state index in [2.05, 4.69) is 15.3 Å². The average Bonchev–Trinajstić information content (AvgIpc) is 3.22. The van der Waals surface area contributed by atoms with Crippen molar-refractivity contribution in [1.29, 1.82) is 0 Å². The average molecular weight is 276 g/mol. The Kier molecular flexibility index (Phi) is 3.82. The van der Waals surface area contributed by atoms with Gasteiger partial charge in [-0.3, -0.25) is 4.79 Å². The van der Waals surface area contributed by atoms with Gasteiger partial charge in [-0.05, 0) is 37.7 Å². The number of aliphatic hydroxyl groups is 1. The lowest BCUT2D eigenvalue weighted by Gasteiger charge is -2.24. The van der Waals surface area contributed by atoms with Gasteiger partial charge in [0.15, 0.2) is 0 Å². The molecule has 1 saturated heterocycles. The summed E-state index contributed by atoms with van der Waals surface area (Å²) in [6.45, 7) is 1.15. The van der Waals surface area contributed by atoms with Gasteiger partial charge in [-0.1, -0.05) is 0 Å². The van der Waals surface area contributed by atoms with Crippen LogP contribution in [0.3, 0.4) is 0 Å². The van der Waals surface area contributed by atoms with Crippen LogP contribution in [0.4, 0.5) is 5.95 Å². The molecule has 0 bridgehead atoms. The Bertz CT molecular complexity index is 464. The molecule has 6 heteroatoms. The fourth-order valence-corrected chi connectivity index (χ4v) is 2.69. The predicted octanol–water partition coefficient (Wildman–Crippen LogP) is 0.332. The molecule has 2 fully saturated rings. The van der Waals surface area contributed by atoms with Crippen LogP contribution in [0.1, 0.15) is 25.7 Å². The molecule has 1 aliphatic carbocycles. The maximum Gasteiger partial charge on any atom is 0.242 e. The number of nitrogens with zero attached hydrogens (tertiary/aromatic N) is 3. The van der Waals surface area contributed by atoms with E-state index < -0.39 is 6.10 Å². The summed E-state index contributed by atoms with van der Waals surface area (Å²) in [7, 11) is 0. The standard InChI is InChI=1S/C14H20N4O2/c19-12(10-4-5-10)9-17-13(20)11-3-1-8-18(11)14-15-6-2-7-16-14/h2,6-7,10-12,19H,1,3-5,8-9H2,(H,17,20). The summed E-state index contributed by atoms with van der Waals surface area (Å²) in [5, 5.41) is 12.7. The van der Waals surface area contributed by atoms with Crippen molar-refractivity contribution in [2.75, 3.05) is 18.0 Å². The zero-order valence-corrected chi connectivity index (χ0v) is 11.4. The number of carbonyl (C=O) groups excluding carboxylic acids is 1. The molecule has 0 spiro atoms. The van der Waals surface area contributed by atoms with E-state index in [0.29, 0.717) is 18.4 Å². The molecule has 0 aromatic carbocycles. The van der Waals surface area contributed by atoms with Crippen LogP contribution in [0.2, 0.25) is 0 Å². The van der Waals surface area contributed by atoms with Crippen LogP contribution in [-0.4, -0.2) is 46.2 Å².